The van der Waals surface area contributed by atoms with Crippen LogP contribution in [0.15, 0.2) is 83.9 Å². The van der Waals surface area contributed by atoms with Crippen LogP contribution in [0.4, 0.5) is 0 Å². The smallest absolute Gasteiger partial charge is 0.333 e. The van der Waals surface area contributed by atoms with E-state index >= 15 is 0 Å². The molecule has 1 aliphatic heterocycles. The number of hydrogen-bond donors (Lipinski definition) is 0. The number of imidazole rings is 1. The first-order valence-electron chi connectivity index (χ1n) is 12.3. The van der Waals surface area contributed by atoms with Gasteiger partial charge in [0, 0.05) is 43.2 Å². The molecule has 0 saturated carbocycles. The van der Waals surface area contributed by atoms with E-state index in [0.29, 0.717) is 31.6 Å². The summed E-state index contributed by atoms with van der Waals surface area (Å²) in [5.74, 6) is 0.0358. The second-order valence-electron chi connectivity index (χ2n) is 9.05. The Morgan fingerprint density at radius 1 is 0.971 bits per heavy atom. The third kappa shape index (κ3) is 4.69. The van der Waals surface area contributed by atoms with Crippen LogP contribution in [0, 0.1) is 0 Å². The molecule has 2 aromatic carbocycles. The van der Waals surface area contributed by atoms with Gasteiger partial charge in [-0.2, -0.15) is 0 Å². The Balaban J connectivity index is 1.38. The predicted octanol–water partition coefficient (Wildman–Crippen LogP) is 4.98. The van der Waals surface area contributed by atoms with Crippen LogP contribution in [0.2, 0.25) is 0 Å². The Labute approximate surface area is 205 Å². The lowest BCUT2D eigenvalue weighted by Crippen LogP contribution is -2.36. The molecular formula is C29H30N4O2. The van der Waals surface area contributed by atoms with Crippen LogP contribution in [0.3, 0.4) is 0 Å². The number of benzene rings is 2. The van der Waals surface area contributed by atoms with E-state index in [1.807, 2.05) is 59.5 Å². The molecule has 35 heavy (non-hydrogen) atoms. The lowest BCUT2D eigenvalue weighted by atomic mass is 10.1. The molecule has 0 fully saturated rings. The summed E-state index contributed by atoms with van der Waals surface area (Å²) in [6.45, 7) is 3.71. The number of rotatable bonds is 7. The van der Waals surface area contributed by atoms with Gasteiger partial charge >= 0.3 is 5.69 Å². The fraction of sp³-hybridized carbons (Fsp3) is 0.276. The van der Waals surface area contributed by atoms with Crippen molar-refractivity contribution in [1.29, 1.82) is 0 Å². The fourth-order valence-corrected chi connectivity index (χ4v) is 4.74. The zero-order valence-electron chi connectivity index (χ0n) is 20.1. The normalized spacial score (nSPS) is 13.7. The molecule has 1 amide bonds. The first kappa shape index (κ1) is 22.8. The molecule has 0 saturated heterocycles. The molecule has 4 aromatic rings. The molecule has 1 aliphatic rings. The number of nitrogens with zero attached hydrogens (tertiary/aromatic N) is 4. The number of aryl methyl sites for hydroxylation is 1. The van der Waals surface area contributed by atoms with Gasteiger partial charge in [-0.05, 0) is 60.4 Å². The third-order valence-electron chi connectivity index (χ3n) is 6.68. The van der Waals surface area contributed by atoms with Gasteiger partial charge in [-0.1, -0.05) is 43.7 Å². The largest absolute Gasteiger partial charge is 0.334 e. The maximum atomic E-state index is 13.5. The van der Waals surface area contributed by atoms with E-state index in [0.717, 1.165) is 41.6 Å². The van der Waals surface area contributed by atoms with Gasteiger partial charge in [0.2, 0.25) is 0 Å². The fourth-order valence-electron chi connectivity index (χ4n) is 4.74. The van der Waals surface area contributed by atoms with Crippen LogP contribution < -0.4 is 5.69 Å². The van der Waals surface area contributed by atoms with E-state index in [9.17, 15) is 9.59 Å². The maximum absolute atomic E-state index is 13.5. The van der Waals surface area contributed by atoms with Crippen LogP contribution in [-0.2, 0) is 13.0 Å². The molecule has 6 heteroatoms. The highest BCUT2D eigenvalue weighted by Gasteiger charge is 2.22. The van der Waals surface area contributed by atoms with Crippen molar-refractivity contribution in [2.45, 2.75) is 39.2 Å². The van der Waals surface area contributed by atoms with Crippen molar-refractivity contribution in [3.63, 3.8) is 0 Å². The van der Waals surface area contributed by atoms with E-state index in [1.54, 1.807) is 21.5 Å². The van der Waals surface area contributed by atoms with Crippen molar-refractivity contribution in [3.8, 4) is 0 Å². The molecule has 5 rings (SSSR count). The van der Waals surface area contributed by atoms with Crippen LogP contribution in [0.25, 0.3) is 16.7 Å². The molecule has 0 radical (unpaired) electrons. The number of fused-ring (bicyclic) bond motifs is 1. The van der Waals surface area contributed by atoms with Gasteiger partial charge in [0.25, 0.3) is 5.91 Å². The maximum Gasteiger partial charge on any atom is 0.333 e. The molecule has 2 aromatic heterocycles. The number of pyridine rings is 1. The highest BCUT2D eigenvalue weighted by atomic mass is 16.2. The quantitative estimate of drug-likeness (QED) is 0.386. The Morgan fingerprint density at radius 3 is 2.46 bits per heavy atom. The van der Waals surface area contributed by atoms with Crippen molar-refractivity contribution >= 4 is 22.6 Å². The highest BCUT2D eigenvalue weighted by molar-refractivity contribution is 5.94. The summed E-state index contributed by atoms with van der Waals surface area (Å²) in [7, 11) is 0. The van der Waals surface area contributed by atoms with E-state index in [4.69, 9.17) is 0 Å². The number of aromatic nitrogens is 3. The first-order chi connectivity index (χ1) is 17.2. The second kappa shape index (κ2) is 10.1. The second-order valence-corrected chi connectivity index (χ2v) is 9.05. The molecule has 0 bridgehead atoms. The molecule has 3 heterocycles. The Kier molecular flexibility index (Phi) is 6.62. The van der Waals surface area contributed by atoms with Gasteiger partial charge in [0.15, 0.2) is 0 Å². The molecular weight excluding hydrogens is 436 g/mol. The molecule has 0 unspecified atom stereocenters. The topological polar surface area (TPSA) is 60.1 Å². The van der Waals surface area contributed by atoms with Crippen molar-refractivity contribution < 1.29 is 4.79 Å². The van der Waals surface area contributed by atoms with Gasteiger partial charge in [-0.3, -0.25) is 18.9 Å². The first-order valence-corrected chi connectivity index (χ1v) is 12.3. The van der Waals surface area contributed by atoms with Crippen LogP contribution >= 0.6 is 0 Å². The van der Waals surface area contributed by atoms with Gasteiger partial charge in [-0.15, -0.1) is 0 Å². The van der Waals surface area contributed by atoms with E-state index in [-0.39, 0.29) is 11.6 Å². The zero-order chi connectivity index (χ0) is 24.2. The van der Waals surface area contributed by atoms with Crippen LogP contribution in [0.1, 0.15) is 47.7 Å². The third-order valence-corrected chi connectivity index (χ3v) is 6.68. The minimum atomic E-state index is -0.0660. The molecule has 6 nitrogen and oxygen atoms in total. The van der Waals surface area contributed by atoms with Gasteiger partial charge < -0.3 is 4.90 Å². The number of unbranched alkanes of at least 4 members (excludes halogenated alkanes) is 1. The van der Waals surface area contributed by atoms with Gasteiger partial charge in [-0.25, -0.2) is 4.79 Å². The van der Waals surface area contributed by atoms with E-state index in [1.165, 1.54) is 5.56 Å². The Morgan fingerprint density at radius 2 is 1.77 bits per heavy atom. The van der Waals surface area contributed by atoms with Crippen molar-refractivity contribution in [2.75, 3.05) is 13.1 Å². The average Bonchev–Trinajstić information content (AvgIpc) is 3.19. The molecule has 0 spiro atoms. The SMILES string of the molecule is CCCCc1ccc(C(=O)N2CC=C(n3c(=O)n(Cc4cccnc4)c4ccccc43)CC2)cc1. The monoisotopic (exact) mass is 466 g/mol. The summed E-state index contributed by atoms with van der Waals surface area (Å²) in [5.41, 5.74) is 5.61. The van der Waals surface area contributed by atoms with Gasteiger partial charge in [0.05, 0.1) is 17.6 Å². The summed E-state index contributed by atoms with van der Waals surface area (Å²) in [6.07, 6.45) is 9.53. The molecule has 178 valence electrons. The van der Waals surface area contributed by atoms with Crippen molar-refractivity contribution in [1.82, 2.24) is 19.0 Å². The molecule has 0 aliphatic carbocycles. The lowest BCUT2D eigenvalue weighted by molar-refractivity contribution is 0.0772. The number of hydrogen-bond acceptors (Lipinski definition) is 3. The van der Waals surface area contributed by atoms with E-state index < -0.39 is 0 Å². The lowest BCUT2D eigenvalue weighted by Gasteiger charge is -2.27. The summed E-state index contributed by atoms with van der Waals surface area (Å²) in [6, 6.07) is 19.7. The summed E-state index contributed by atoms with van der Waals surface area (Å²) in [4.78, 5) is 32.6. The Hall–Kier alpha value is -3.93. The predicted molar refractivity (Wildman–Crippen MR) is 139 cm³/mol. The number of para-hydroxylation sites is 2. The number of carbonyl (C=O) groups is 1. The van der Waals surface area contributed by atoms with Gasteiger partial charge in [0.1, 0.15) is 0 Å². The van der Waals surface area contributed by atoms with E-state index in [2.05, 4.69) is 24.0 Å². The number of amides is 1. The zero-order valence-corrected chi connectivity index (χ0v) is 20.1. The summed E-state index contributed by atoms with van der Waals surface area (Å²) in [5, 5.41) is 0. The minimum absolute atomic E-state index is 0.0358. The highest BCUT2D eigenvalue weighted by Crippen LogP contribution is 2.23. The van der Waals surface area contributed by atoms with Crippen molar-refractivity contribution in [3.05, 3.63) is 106 Å². The summed E-state index contributed by atoms with van der Waals surface area (Å²) < 4.78 is 3.60. The molecule has 0 atom stereocenters. The number of carbonyl (C=O) groups excluding carboxylic acids is 1. The molecule has 0 N–H and O–H groups in total. The Bertz CT molecular complexity index is 1410. The average molecular weight is 467 g/mol. The standard InChI is InChI=1S/C29H30N4O2/c1-2-3-7-22-11-13-24(14-12-22)28(34)31-18-15-25(16-19-31)33-27-10-5-4-9-26(27)32(29(33)35)21-23-8-6-17-30-20-23/h4-6,8-15,17,20H,2-3,7,16,18-19,21H2,1H3. The van der Waals surface area contributed by atoms with Crippen LogP contribution in [-0.4, -0.2) is 38.0 Å². The minimum Gasteiger partial charge on any atom is -0.334 e. The van der Waals surface area contributed by atoms with Crippen molar-refractivity contribution in [2.24, 2.45) is 0 Å². The summed E-state index contributed by atoms with van der Waals surface area (Å²) >= 11 is 0. The van der Waals surface area contributed by atoms with Crippen LogP contribution in [0.5, 0.6) is 0 Å².